The summed E-state index contributed by atoms with van der Waals surface area (Å²) >= 11 is 1.67. The molecule has 1 amide bonds. The molecule has 0 radical (unpaired) electrons. The van der Waals surface area contributed by atoms with Crippen molar-refractivity contribution in [3.8, 4) is 0 Å². The summed E-state index contributed by atoms with van der Waals surface area (Å²) in [6.07, 6.45) is 8.24. The van der Waals surface area contributed by atoms with E-state index in [4.69, 9.17) is 0 Å². The first kappa shape index (κ1) is 13.1. The van der Waals surface area contributed by atoms with E-state index in [1.807, 2.05) is 11.6 Å². The number of aromatic nitrogens is 1. The summed E-state index contributed by atoms with van der Waals surface area (Å²) in [5.41, 5.74) is 0. The first-order valence-corrected chi connectivity index (χ1v) is 8.15. The van der Waals surface area contributed by atoms with Gasteiger partial charge in [0.1, 0.15) is 5.01 Å². The number of nitrogens with zero attached hydrogens (tertiary/aromatic N) is 2. The number of piperidine rings is 1. The number of carbonyl (C=O) groups is 1. The van der Waals surface area contributed by atoms with Gasteiger partial charge < -0.3 is 10.2 Å². The highest BCUT2D eigenvalue weighted by atomic mass is 32.1. The van der Waals surface area contributed by atoms with Gasteiger partial charge in [-0.15, -0.1) is 11.3 Å². The molecule has 2 aliphatic heterocycles. The maximum Gasteiger partial charge on any atom is 0.224 e. The molecular weight excluding hydrogens is 258 g/mol. The smallest absolute Gasteiger partial charge is 0.224 e. The summed E-state index contributed by atoms with van der Waals surface area (Å²) in [5.74, 6) is 0.305. The Labute approximate surface area is 118 Å². The van der Waals surface area contributed by atoms with Crippen molar-refractivity contribution in [3.63, 3.8) is 0 Å². The second kappa shape index (κ2) is 6.01. The molecule has 1 aromatic rings. The van der Waals surface area contributed by atoms with Gasteiger partial charge in [-0.2, -0.15) is 0 Å². The van der Waals surface area contributed by atoms with Crippen LogP contribution >= 0.6 is 11.3 Å². The van der Waals surface area contributed by atoms with E-state index in [-0.39, 0.29) is 6.04 Å². The van der Waals surface area contributed by atoms with E-state index in [0.717, 1.165) is 37.4 Å². The molecule has 0 aromatic carbocycles. The molecule has 2 unspecified atom stereocenters. The van der Waals surface area contributed by atoms with Crippen LogP contribution in [0.15, 0.2) is 11.6 Å². The van der Waals surface area contributed by atoms with E-state index in [9.17, 15) is 4.79 Å². The van der Waals surface area contributed by atoms with Crippen molar-refractivity contribution in [3.05, 3.63) is 16.6 Å². The van der Waals surface area contributed by atoms with Gasteiger partial charge in [0.2, 0.25) is 5.91 Å². The van der Waals surface area contributed by atoms with Crippen molar-refractivity contribution < 1.29 is 4.79 Å². The van der Waals surface area contributed by atoms with Gasteiger partial charge in [0.15, 0.2) is 0 Å². The number of rotatable bonds is 3. The molecule has 0 aliphatic carbocycles. The lowest BCUT2D eigenvalue weighted by atomic mass is 10.0. The fourth-order valence-corrected chi connectivity index (χ4v) is 3.93. The Bertz CT molecular complexity index is 414. The van der Waals surface area contributed by atoms with Gasteiger partial charge in [-0.05, 0) is 38.6 Å². The van der Waals surface area contributed by atoms with Gasteiger partial charge in [0.05, 0.1) is 6.04 Å². The summed E-state index contributed by atoms with van der Waals surface area (Å²) in [6.45, 7) is 1.96. The molecule has 5 heteroatoms. The summed E-state index contributed by atoms with van der Waals surface area (Å²) in [6, 6.07) is 0.619. The van der Waals surface area contributed by atoms with Crippen molar-refractivity contribution in [1.29, 1.82) is 0 Å². The molecule has 1 N–H and O–H groups in total. The second-order valence-corrected chi connectivity index (χ2v) is 6.39. The van der Waals surface area contributed by atoms with Gasteiger partial charge in [-0.25, -0.2) is 4.98 Å². The lowest BCUT2D eigenvalue weighted by Crippen LogP contribution is -2.41. The summed E-state index contributed by atoms with van der Waals surface area (Å²) in [5, 5.41) is 6.52. The molecule has 2 atom stereocenters. The molecule has 2 saturated heterocycles. The molecule has 104 valence electrons. The van der Waals surface area contributed by atoms with Crippen LogP contribution in [-0.4, -0.2) is 34.9 Å². The van der Waals surface area contributed by atoms with E-state index in [2.05, 4.69) is 15.2 Å². The van der Waals surface area contributed by atoms with Crippen LogP contribution in [0.25, 0.3) is 0 Å². The molecular formula is C14H21N3OS. The number of likely N-dealkylation sites (tertiary alicyclic amines) is 1. The minimum atomic E-state index is 0.225. The number of carbonyl (C=O) groups excluding carboxylic acids is 1. The predicted molar refractivity (Wildman–Crippen MR) is 76.1 cm³/mol. The number of hydrogen-bond donors (Lipinski definition) is 1. The Morgan fingerprint density at radius 2 is 2.37 bits per heavy atom. The molecule has 2 aliphatic rings. The van der Waals surface area contributed by atoms with Crippen molar-refractivity contribution in [2.75, 3.05) is 13.1 Å². The van der Waals surface area contributed by atoms with Crippen LogP contribution in [0.1, 0.15) is 49.6 Å². The highest BCUT2D eigenvalue weighted by molar-refractivity contribution is 7.09. The van der Waals surface area contributed by atoms with Crippen LogP contribution in [-0.2, 0) is 4.79 Å². The summed E-state index contributed by atoms with van der Waals surface area (Å²) in [7, 11) is 0. The minimum absolute atomic E-state index is 0.225. The molecule has 4 nitrogen and oxygen atoms in total. The largest absolute Gasteiger partial charge is 0.333 e. The quantitative estimate of drug-likeness (QED) is 0.923. The molecule has 3 rings (SSSR count). The monoisotopic (exact) mass is 279 g/mol. The van der Waals surface area contributed by atoms with Crippen LogP contribution < -0.4 is 5.32 Å². The molecule has 3 heterocycles. The zero-order valence-electron chi connectivity index (χ0n) is 11.2. The Hall–Kier alpha value is -0.940. The van der Waals surface area contributed by atoms with Crippen molar-refractivity contribution in [1.82, 2.24) is 15.2 Å². The van der Waals surface area contributed by atoms with Crippen LogP contribution in [0.4, 0.5) is 0 Å². The van der Waals surface area contributed by atoms with Crippen molar-refractivity contribution in [2.45, 2.75) is 50.6 Å². The van der Waals surface area contributed by atoms with Crippen molar-refractivity contribution >= 4 is 17.2 Å². The summed E-state index contributed by atoms with van der Waals surface area (Å²) in [4.78, 5) is 19.0. The Balaban J connectivity index is 1.67. The molecule has 0 spiro atoms. The first-order valence-electron chi connectivity index (χ1n) is 7.27. The number of hydrogen-bond acceptors (Lipinski definition) is 4. The maximum absolute atomic E-state index is 12.5. The van der Waals surface area contributed by atoms with Crippen LogP contribution in [0.2, 0.25) is 0 Å². The molecule has 0 saturated carbocycles. The molecule has 1 aromatic heterocycles. The molecule has 0 bridgehead atoms. The molecule has 19 heavy (non-hydrogen) atoms. The predicted octanol–water partition coefficient (Wildman–Crippen LogP) is 2.34. The maximum atomic E-state index is 12.5. The van der Waals surface area contributed by atoms with Crippen LogP contribution in [0.5, 0.6) is 0 Å². The van der Waals surface area contributed by atoms with Crippen LogP contribution in [0.3, 0.4) is 0 Å². The first-order chi connectivity index (χ1) is 9.34. The van der Waals surface area contributed by atoms with Gasteiger partial charge in [-0.3, -0.25) is 4.79 Å². The fourth-order valence-electron chi connectivity index (χ4n) is 3.14. The zero-order chi connectivity index (χ0) is 13.1. The van der Waals surface area contributed by atoms with E-state index in [1.54, 1.807) is 11.3 Å². The third-order valence-electron chi connectivity index (χ3n) is 4.14. The van der Waals surface area contributed by atoms with Gasteiger partial charge in [0.25, 0.3) is 0 Å². The zero-order valence-corrected chi connectivity index (χ0v) is 12.0. The number of amides is 1. The SMILES string of the molecule is O=C(CC1CCCN1)N1CCCCC1c1nccs1. The lowest BCUT2D eigenvalue weighted by Gasteiger charge is -2.35. The number of thiazole rings is 1. The van der Waals surface area contributed by atoms with E-state index < -0.39 is 0 Å². The average Bonchev–Trinajstić information content (AvgIpc) is 3.11. The highest BCUT2D eigenvalue weighted by Crippen LogP contribution is 2.32. The van der Waals surface area contributed by atoms with E-state index in [1.165, 1.54) is 12.8 Å². The fraction of sp³-hybridized carbons (Fsp3) is 0.714. The topological polar surface area (TPSA) is 45.2 Å². The van der Waals surface area contributed by atoms with Crippen molar-refractivity contribution in [2.24, 2.45) is 0 Å². The van der Waals surface area contributed by atoms with E-state index >= 15 is 0 Å². The van der Waals surface area contributed by atoms with Gasteiger partial charge >= 0.3 is 0 Å². The normalized spacial score (nSPS) is 27.7. The average molecular weight is 279 g/mol. The molecule has 2 fully saturated rings. The van der Waals surface area contributed by atoms with E-state index in [0.29, 0.717) is 18.4 Å². The Morgan fingerprint density at radius 3 is 3.11 bits per heavy atom. The minimum Gasteiger partial charge on any atom is -0.333 e. The standard InChI is InChI=1S/C14H21N3OS/c18-13(10-11-4-3-6-15-11)17-8-2-1-5-12(17)14-16-7-9-19-14/h7,9,11-12,15H,1-6,8,10H2. The van der Waals surface area contributed by atoms with Gasteiger partial charge in [-0.1, -0.05) is 0 Å². The summed E-state index contributed by atoms with van der Waals surface area (Å²) < 4.78 is 0. The third-order valence-corrected chi connectivity index (χ3v) is 5.02. The second-order valence-electron chi connectivity index (χ2n) is 5.47. The number of nitrogens with one attached hydrogen (secondary N) is 1. The lowest BCUT2D eigenvalue weighted by molar-refractivity contribution is -0.135. The third kappa shape index (κ3) is 2.98. The Morgan fingerprint density at radius 1 is 1.42 bits per heavy atom. The Kier molecular flexibility index (Phi) is 4.13. The van der Waals surface area contributed by atoms with Crippen LogP contribution in [0, 0.1) is 0 Å². The highest BCUT2D eigenvalue weighted by Gasteiger charge is 2.31. The van der Waals surface area contributed by atoms with Gasteiger partial charge in [0, 0.05) is 30.6 Å².